The van der Waals surface area contributed by atoms with Crippen LogP contribution in [0.4, 0.5) is 0 Å². The van der Waals surface area contributed by atoms with E-state index in [1.807, 2.05) is 30.3 Å². The van der Waals surface area contributed by atoms with E-state index >= 15 is 0 Å². The topological polar surface area (TPSA) is 65.5 Å². The zero-order chi connectivity index (χ0) is 17.9. The fourth-order valence-electron chi connectivity index (χ4n) is 2.58. The van der Waals surface area contributed by atoms with Crippen LogP contribution in [-0.2, 0) is 0 Å². The summed E-state index contributed by atoms with van der Waals surface area (Å²) in [5.41, 5.74) is 1.65. The Morgan fingerprint density at radius 1 is 1.04 bits per heavy atom. The molecule has 26 heavy (non-hydrogen) atoms. The van der Waals surface area contributed by atoms with Crippen LogP contribution in [0.1, 0.15) is 26.3 Å². The number of allylic oxidation sites excluding steroid dienone is 1. The molecule has 0 amide bonds. The average molecular weight is 343 g/mol. The number of esters is 1. The van der Waals surface area contributed by atoms with Crippen LogP contribution in [0, 0.1) is 0 Å². The van der Waals surface area contributed by atoms with Gasteiger partial charge in [-0.25, -0.2) is 4.79 Å². The molecule has 0 unspecified atom stereocenters. The van der Waals surface area contributed by atoms with Gasteiger partial charge in [-0.1, -0.05) is 30.3 Å². The molecule has 0 aliphatic carbocycles. The number of hydrogen-bond acceptors (Lipinski definition) is 5. The van der Waals surface area contributed by atoms with Crippen LogP contribution in [0.25, 0.3) is 6.08 Å². The predicted molar refractivity (Wildman–Crippen MR) is 95.0 cm³/mol. The number of Topliss-reactive ketones (excluding diaryl/α,β-unsaturated/α-hetero) is 1. The maximum atomic E-state index is 12.4. The first-order valence-corrected chi connectivity index (χ1v) is 7.96. The highest BCUT2D eigenvalue weighted by Crippen LogP contribution is 2.35. The Morgan fingerprint density at radius 2 is 1.88 bits per heavy atom. The zero-order valence-corrected chi connectivity index (χ0v) is 13.6. The Balaban J connectivity index is 1.56. The van der Waals surface area contributed by atoms with Crippen molar-refractivity contribution in [3.8, 4) is 11.5 Å². The molecule has 5 nitrogen and oxygen atoms in total. The molecule has 0 saturated heterocycles. The lowest BCUT2D eigenvalue weighted by atomic mass is 10.1. The van der Waals surface area contributed by atoms with Crippen molar-refractivity contribution in [3.63, 3.8) is 0 Å². The molecule has 2 heterocycles. The first-order chi connectivity index (χ1) is 12.7. The summed E-state index contributed by atoms with van der Waals surface area (Å²) in [7, 11) is 0. The first-order valence-electron chi connectivity index (χ1n) is 7.96. The number of rotatable bonds is 3. The largest absolute Gasteiger partial charge is 0.452 e. The summed E-state index contributed by atoms with van der Waals surface area (Å²) in [6.07, 6.45) is 4.69. The van der Waals surface area contributed by atoms with Crippen molar-refractivity contribution in [1.29, 1.82) is 0 Å². The van der Waals surface area contributed by atoms with E-state index in [9.17, 15) is 9.59 Å². The van der Waals surface area contributed by atoms with E-state index in [-0.39, 0.29) is 11.5 Å². The van der Waals surface area contributed by atoms with E-state index < -0.39 is 5.97 Å². The van der Waals surface area contributed by atoms with Crippen molar-refractivity contribution in [2.24, 2.45) is 0 Å². The quantitative estimate of drug-likeness (QED) is 0.410. The lowest BCUT2D eigenvalue weighted by Gasteiger charge is -2.05. The minimum absolute atomic E-state index is 0.200. The van der Waals surface area contributed by atoms with Crippen LogP contribution in [0.5, 0.6) is 11.5 Å². The van der Waals surface area contributed by atoms with Gasteiger partial charge in [-0.3, -0.25) is 9.78 Å². The summed E-state index contributed by atoms with van der Waals surface area (Å²) in [6.45, 7) is 0. The van der Waals surface area contributed by atoms with Gasteiger partial charge in [0.25, 0.3) is 0 Å². The molecule has 0 spiro atoms. The summed E-state index contributed by atoms with van der Waals surface area (Å²) in [6, 6.07) is 17.4. The second-order valence-electron chi connectivity index (χ2n) is 5.64. The SMILES string of the molecule is O=C(Oc1ccc2c(c1)O/C(=C\c1ccccc1)C2=O)c1cccnc1. The molecular formula is C21H13NO4. The van der Waals surface area contributed by atoms with Crippen LogP contribution in [0.2, 0.25) is 0 Å². The van der Waals surface area contributed by atoms with Crippen molar-refractivity contribution in [2.45, 2.75) is 0 Å². The third-order valence-electron chi connectivity index (χ3n) is 3.85. The molecule has 1 aromatic heterocycles. The predicted octanol–water partition coefficient (Wildman–Crippen LogP) is 3.92. The molecule has 0 fully saturated rings. The Hall–Kier alpha value is -3.73. The molecular weight excluding hydrogens is 330 g/mol. The van der Waals surface area contributed by atoms with E-state index in [4.69, 9.17) is 9.47 Å². The van der Waals surface area contributed by atoms with Crippen LogP contribution >= 0.6 is 0 Å². The third-order valence-corrected chi connectivity index (χ3v) is 3.85. The number of nitrogens with zero attached hydrogens (tertiary/aromatic N) is 1. The number of carbonyl (C=O) groups is 2. The van der Waals surface area contributed by atoms with Gasteiger partial charge in [-0.2, -0.15) is 0 Å². The van der Waals surface area contributed by atoms with E-state index in [1.54, 1.807) is 36.5 Å². The molecule has 0 radical (unpaired) electrons. The van der Waals surface area contributed by atoms with Crippen LogP contribution in [0.15, 0.2) is 78.8 Å². The molecule has 0 saturated carbocycles. The molecule has 0 atom stereocenters. The normalized spacial score (nSPS) is 14.0. The molecule has 1 aliphatic heterocycles. The Morgan fingerprint density at radius 3 is 2.65 bits per heavy atom. The van der Waals surface area contributed by atoms with Gasteiger partial charge in [0.2, 0.25) is 5.78 Å². The number of ketones is 1. The summed E-state index contributed by atoms with van der Waals surface area (Å²) in [5.74, 6) is 0.179. The fourth-order valence-corrected chi connectivity index (χ4v) is 2.58. The number of hydrogen-bond donors (Lipinski definition) is 0. The monoisotopic (exact) mass is 343 g/mol. The number of fused-ring (bicyclic) bond motifs is 1. The molecule has 2 aromatic carbocycles. The van der Waals surface area contributed by atoms with Crippen molar-refractivity contribution < 1.29 is 19.1 Å². The van der Waals surface area contributed by atoms with Crippen LogP contribution in [0.3, 0.4) is 0 Å². The highest BCUT2D eigenvalue weighted by molar-refractivity contribution is 6.14. The molecule has 5 heteroatoms. The van der Waals surface area contributed by atoms with E-state index in [1.165, 1.54) is 12.3 Å². The smallest absolute Gasteiger partial charge is 0.345 e. The van der Waals surface area contributed by atoms with Gasteiger partial charge in [-0.15, -0.1) is 0 Å². The van der Waals surface area contributed by atoms with Gasteiger partial charge >= 0.3 is 5.97 Å². The van der Waals surface area contributed by atoms with Crippen molar-refractivity contribution in [3.05, 3.63) is 95.5 Å². The molecule has 126 valence electrons. The van der Waals surface area contributed by atoms with Crippen LogP contribution < -0.4 is 9.47 Å². The van der Waals surface area contributed by atoms with Crippen molar-refractivity contribution in [2.75, 3.05) is 0 Å². The summed E-state index contributed by atoms with van der Waals surface area (Å²) in [4.78, 5) is 28.4. The van der Waals surface area contributed by atoms with E-state index in [0.717, 1.165) is 5.56 Å². The van der Waals surface area contributed by atoms with Gasteiger partial charge in [0.05, 0.1) is 11.1 Å². The van der Waals surface area contributed by atoms with E-state index in [2.05, 4.69) is 4.98 Å². The van der Waals surface area contributed by atoms with Gasteiger partial charge in [0.1, 0.15) is 11.5 Å². The Bertz CT molecular complexity index is 1010. The number of benzene rings is 2. The standard InChI is InChI=1S/C21H13NO4/c23-20-17-9-8-16(25-21(24)15-7-4-10-22-13-15)12-18(17)26-19(20)11-14-5-2-1-3-6-14/h1-13H/b19-11-. The Kier molecular flexibility index (Phi) is 4.03. The number of ether oxygens (including phenoxy) is 2. The average Bonchev–Trinajstić information content (AvgIpc) is 2.98. The summed E-state index contributed by atoms with van der Waals surface area (Å²) < 4.78 is 11.0. The summed E-state index contributed by atoms with van der Waals surface area (Å²) >= 11 is 0. The molecule has 0 bridgehead atoms. The lowest BCUT2D eigenvalue weighted by molar-refractivity contribution is 0.0734. The third kappa shape index (κ3) is 3.10. The summed E-state index contributed by atoms with van der Waals surface area (Å²) in [5, 5.41) is 0. The molecule has 3 aromatic rings. The highest BCUT2D eigenvalue weighted by Gasteiger charge is 2.28. The van der Waals surface area contributed by atoms with E-state index in [0.29, 0.717) is 22.6 Å². The second-order valence-corrected chi connectivity index (χ2v) is 5.64. The molecule has 1 aliphatic rings. The number of aromatic nitrogens is 1. The lowest BCUT2D eigenvalue weighted by Crippen LogP contribution is -2.08. The van der Waals surface area contributed by atoms with Crippen LogP contribution in [-0.4, -0.2) is 16.7 Å². The van der Waals surface area contributed by atoms with Gasteiger partial charge < -0.3 is 9.47 Å². The fraction of sp³-hybridized carbons (Fsp3) is 0. The van der Waals surface area contributed by atoms with Gasteiger partial charge in [-0.05, 0) is 35.9 Å². The zero-order valence-electron chi connectivity index (χ0n) is 13.6. The second kappa shape index (κ2) is 6.64. The molecule has 4 rings (SSSR count). The van der Waals surface area contributed by atoms with Gasteiger partial charge in [0.15, 0.2) is 5.76 Å². The first kappa shape index (κ1) is 15.8. The Labute approximate surface area is 149 Å². The maximum absolute atomic E-state index is 12.4. The minimum atomic E-state index is -0.526. The van der Waals surface area contributed by atoms with Crippen molar-refractivity contribution in [1.82, 2.24) is 4.98 Å². The molecule has 0 N–H and O–H groups in total. The number of pyridine rings is 1. The van der Waals surface area contributed by atoms with Crippen molar-refractivity contribution >= 4 is 17.8 Å². The number of carbonyl (C=O) groups excluding carboxylic acids is 2. The highest BCUT2D eigenvalue weighted by atomic mass is 16.5. The minimum Gasteiger partial charge on any atom is -0.452 e. The van der Waals surface area contributed by atoms with Gasteiger partial charge in [0, 0.05) is 18.5 Å². The maximum Gasteiger partial charge on any atom is 0.345 e.